The first-order valence-corrected chi connectivity index (χ1v) is 8.45. The summed E-state index contributed by atoms with van der Waals surface area (Å²) < 4.78 is 12.8. The fourth-order valence-electron chi connectivity index (χ4n) is 2.23. The molecule has 6 heteroatoms. The van der Waals surface area contributed by atoms with Crippen molar-refractivity contribution in [2.45, 2.75) is 19.3 Å². The maximum Gasteiger partial charge on any atom is 0.230 e. The maximum absolute atomic E-state index is 12.8. The molecule has 122 valence electrons. The van der Waals surface area contributed by atoms with Gasteiger partial charge < -0.3 is 5.32 Å². The van der Waals surface area contributed by atoms with Crippen LogP contribution in [0.1, 0.15) is 16.4 Å². The first-order chi connectivity index (χ1) is 11.7. The molecular formula is C18H16FN3OS. The minimum Gasteiger partial charge on any atom is -0.326 e. The van der Waals surface area contributed by atoms with Crippen LogP contribution in [0.4, 0.5) is 10.1 Å². The quantitative estimate of drug-likeness (QED) is 0.745. The van der Waals surface area contributed by atoms with Gasteiger partial charge in [-0.05, 0) is 42.8 Å². The highest BCUT2D eigenvalue weighted by molar-refractivity contribution is 7.09. The lowest BCUT2D eigenvalue weighted by Gasteiger charge is -2.03. The van der Waals surface area contributed by atoms with Crippen LogP contribution in [-0.4, -0.2) is 15.9 Å². The molecule has 4 nitrogen and oxygen atoms in total. The van der Waals surface area contributed by atoms with Crippen LogP contribution in [0.2, 0.25) is 0 Å². The van der Waals surface area contributed by atoms with Gasteiger partial charge in [0.15, 0.2) is 0 Å². The summed E-state index contributed by atoms with van der Waals surface area (Å²) in [6, 6.07) is 11.5. The van der Waals surface area contributed by atoms with Gasteiger partial charge in [0.05, 0.1) is 17.1 Å². The second kappa shape index (κ2) is 7.79. The molecule has 0 fully saturated rings. The van der Waals surface area contributed by atoms with E-state index >= 15 is 0 Å². The SMILES string of the molecule is O=C(Cc1csc(CCc2ccccn2)n1)Nc1ccc(F)cc1. The number of hydrogen-bond acceptors (Lipinski definition) is 4. The van der Waals surface area contributed by atoms with Gasteiger partial charge in [-0.3, -0.25) is 9.78 Å². The number of nitrogens with one attached hydrogen (secondary N) is 1. The molecule has 0 aliphatic heterocycles. The van der Waals surface area contributed by atoms with Crippen molar-refractivity contribution in [1.82, 2.24) is 9.97 Å². The molecule has 0 bridgehead atoms. The number of thiazole rings is 1. The van der Waals surface area contributed by atoms with Gasteiger partial charge in [-0.2, -0.15) is 0 Å². The number of carbonyl (C=O) groups excluding carboxylic acids is 1. The van der Waals surface area contributed by atoms with Crippen molar-refractivity contribution in [3.8, 4) is 0 Å². The summed E-state index contributed by atoms with van der Waals surface area (Å²) >= 11 is 1.55. The molecule has 1 aromatic carbocycles. The molecule has 1 N–H and O–H groups in total. The van der Waals surface area contributed by atoms with Crippen LogP contribution in [0, 0.1) is 5.82 Å². The van der Waals surface area contributed by atoms with Gasteiger partial charge in [-0.25, -0.2) is 9.37 Å². The molecule has 0 unspecified atom stereocenters. The highest BCUT2D eigenvalue weighted by Gasteiger charge is 2.09. The van der Waals surface area contributed by atoms with E-state index in [2.05, 4.69) is 15.3 Å². The van der Waals surface area contributed by atoms with E-state index in [1.165, 1.54) is 24.3 Å². The van der Waals surface area contributed by atoms with E-state index in [0.29, 0.717) is 5.69 Å². The average molecular weight is 341 g/mol. The van der Waals surface area contributed by atoms with Crippen molar-refractivity contribution in [3.63, 3.8) is 0 Å². The molecule has 2 heterocycles. The van der Waals surface area contributed by atoms with Gasteiger partial charge in [-0.1, -0.05) is 6.07 Å². The minimum atomic E-state index is -0.329. The molecule has 24 heavy (non-hydrogen) atoms. The molecule has 2 aromatic heterocycles. The largest absolute Gasteiger partial charge is 0.326 e. The van der Waals surface area contributed by atoms with Crippen LogP contribution in [0.15, 0.2) is 54.0 Å². The molecular weight excluding hydrogens is 325 g/mol. The lowest BCUT2D eigenvalue weighted by molar-refractivity contribution is -0.115. The van der Waals surface area contributed by atoms with Crippen molar-refractivity contribution >= 4 is 22.9 Å². The third-order valence-corrected chi connectivity index (χ3v) is 4.35. The zero-order chi connectivity index (χ0) is 16.8. The number of aromatic nitrogens is 2. The fraction of sp³-hybridized carbons (Fsp3) is 0.167. The van der Waals surface area contributed by atoms with E-state index in [-0.39, 0.29) is 18.1 Å². The standard InChI is InChI=1S/C18H16FN3OS/c19-13-4-6-15(7-5-13)21-17(23)11-16-12-24-18(22-16)9-8-14-3-1-2-10-20-14/h1-7,10,12H,8-9,11H2,(H,21,23). The Morgan fingerprint density at radius 2 is 1.92 bits per heavy atom. The number of rotatable bonds is 6. The number of aryl methyl sites for hydroxylation is 2. The Labute approximate surface area is 143 Å². The molecule has 3 aromatic rings. The smallest absolute Gasteiger partial charge is 0.230 e. The number of amides is 1. The van der Waals surface area contributed by atoms with Crippen LogP contribution < -0.4 is 5.32 Å². The first-order valence-electron chi connectivity index (χ1n) is 7.57. The van der Waals surface area contributed by atoms with E-state index in [0.717, 1.165) is 29.2 Å². The van der Waals surface area contributed by atoms with Crippen LogP contribution in [-0.2, 0) is 24.1 Å². The molecule has 0 aliphatic rings. The number of carbonyl (C=O) groups is 1. The highest BCUT2D eigenvalue weighted by Crippen LogP contribution is 2.14. The van der Waals surface area contributed by atoms with E-state index in [4.69, 9.17) is 0 Å². The summed E-state index contributed by atoms with van der Waals surface area (Å²) in [6.07, 6.45) is 3.62. The van der Waals surface area contributed by atoms with Gasteiger partial charge in [0.25, 0.3) is 0 Å². The van der Waals surface area contributed by atoms with Crippen molar-refractivity contribution in [2.24, 2.45) is 0 Å². The minimum absolute atomic E-state index is 0.164. The molecule has 0 spiro atoms. The maximum atomic E-state index is 12.8. The molecule has 0 atom stereocenters. The van der Waals surface area contributed by atoms with Crippen LogP contribution >= 0.6 is 11.3 Å². The van der Waals surface area contributed by atoms with Gasteiger partial charge >= 0.3 is 0 Å². The molecule has 0 radical (unpaired) electrons. The fourth-order valence-corrected chi connectivity index (χ4v) is 3.03. The Hall–Kier alpha value is -2.60. The lowest BCUT2D eigenvalue weighted by atomic mass is 10.2. The molecule has 0 saturated heterocycles. The second-order valence-electron chi connectivity index (χ2n) is 5.29. The monoisotopic (exact) mass is 341 g/mol. The number of nitrogens with zero attached hydrogens (tertiary/aromatic N) is 2. The van der Waals surface area contributed by atoms with Gasteiger partial charge in [0.2, 0.25) is 5.91 Å². The summed E-state index contributed by atoms with van der Waals surface area (Å²) in [5, 5.41) is 5.63. The summed E-state index contributed by atoms with van der Waals surface area (Å²) in [6.45, 7) is 0. The summed E-state index contributed by atoms with van der Waals surface area (Å²) in [5.74, 6) is -0.492. The average Bonchev–Trinajstić information content (AvgIpc) is 3.03. The highest BCUT2D eigenvalue weighted by atomic mass is 32.1. The lowest BCUT2D eigenvalue weighted by Crippen LogP contribution is -2.14. The van der Waals surface area contributed by atoms with E-state index in [1.54, 1.807) is 17.5 Å². The van der Waals surface area contributed by atoms with Crippen molar-refractivity contribution in [2.75, 3.05) is 5.32 Å². The Morgan fingerprint density at radius 1 is 1.08 bits per heavy atom. The molecule has 3 rings (SSSR count). The first kappa shape index (κ1) is 16.3. The third-order valence-electron chi connectivity index (χ3n) is 3.39. The zero-order valence-corrected chi connectivity index (χ0v) is 13.7. The molecule has 1 amide bonds. The van der Waals surface area contributed by atoms with E-state index < -0.39 is 0 Å². The number of anilines is 1. The molecule has 0 aliphatic carbocycles. The van der Waals surface area contributed by atoms with Crippen LogP contribution in [0.5, 0.6) is 0 Å². The number of pyridine rings is 1. The molecule has 0 saturated carbocycles. The van der Waals surface area contributed by atoms with Crippen molar-refractivity contribution in [3.05, 3.63) is 76.3 Å². The van der Waals surface area contributed by atoms with Gasteiger partial charge in [-0.15, -0.1) is 11.3 Å². The Balaban J connectivity index is 1.51. The zero-order valence-electron chi connectivity index (χ0n) is 12.9. The summed E-state index contributed by atoms with van der Waals surface area (Å²) in [4.78, 5) is 20.8. The van der Waals surface area contributed by atoms with Gasteiger partial charge in [0.1, 0.15) is 5.82 Å². The summed E-state index contributed by atoms with van der Waals surface area (Å²) in [7, 11) is 0. The van der Waals surface area contributed by atoms with Crippen molar-refractivity contribution in [1.29, 1.82) is 0 Å². The number of halogens is 1. The van der Waals surface area contributed by atoms with Crippen molar-refractivity contribution < 1.29 is 9.18 Å². The Kier molecular flexibility index (Phi) is 5.28. The Bertz CT molecular complexity index is 803. The third kappa shape index (κ3) is 4.70. The summed E-state index contributed by atoms with van der Waals surface area (Å²) in [5.41, 5.74) is 2.35. The normalized spacial score (nSPS) is 10.5. The Morgan fingerprint density at radius 3 is 2.67 bits per heavy atom. The second-order valence-corrected chi connectivity index (χ2v) is 6.23. The topological polar surface area (TPSA) is 54.9 Å². The predicted molar refractivity (Wildman–Crippen MR) is 92.5 cm³/mol. The van der Waals surface area contributed by atoms with Crippen LogP contribution in [0.25, 0.3) is 0 Å². The number of hydrogen-bond donors (Lipinski definition) is 1. The van der Waals surface area contributed by atoms with E-state index in [9.17, 15) is 9.18 Å². The van der Waals surface area contributed by atoms with E-state index in [1.807, 2.05) is 23.6 Å². The van der Waals surface area contributed by atoms with Gasteiger partial charge in [0, 0.05) is 29.4 Å². The number of benzene rings is 1. The van der Waals surface area contributed by atoms with Crippen LogP contribution in [0.3, 0.4) is 0 Å². The predicted octanol–water partition coefficient (Wildman–Crippen LogP) is 3.64.